The van der Waals surface area contributed by atoms with Crippen molar-refractivity contribution >= 4 is 17.8 Å². The van der Waals surface area contributed by atoms with E-state index >= 15 is 0 Å². The number of furan rings is 1. The molecule has 0 aliphatic carbocycles. The van der Waals surface area contributed by atoms with Gasteiger partial charge in [0.15, 0.2) is 6.10 Å². The van der Waals surface area contributed by atoms with Gasteiger partial charge in [0.1, 0.15) is 11.5 Å². The molecule has 2 atom stereocenters. The van der Waals surface area contributed by atoms with Gasteiger partial charge in [-0.25, -0.2) is 0 Å². The summed E-state index contributed by atoms with van der Waals surface area (Å²) in [7, 11) is 1.58. The number of benzene rings is 1. The van der Waals surface area contributed by atoms with E-state index in [9.17, 15) is 14.4 Å². The Bertz CT molecular complexity index is 847. The third-order valence-corrected chi connectivity index (χ3v) is 4.76. The van der Waals surface area contributed by atoms with E-state index in [4.69, 9.17) is 13.9 Å². The van der Waals surface area contributed by atoms with Gasteiger partial charge in [-0.05, 0) is 36.8 Å². The zero-order chi connectivity index (χ0) is 20.8. The monoisotopic (exact) mass is 400 g/mol. The standard InChI is InChI=1S/C21H24N2O6/c1-14(20(25)22-11-15-5-7-17(27-2)8-6-15)29-21(26)16-10-19(24)23(12-16)13-18-4-3-9-28-18/h3-9,14,16H,10-13H2,1-2H3,(H,22,25)/t14-,16-/m1/s1. The molecule has 0 unspecified atom stereocenters. The van der Waals surface area contributed by atoms with Crippen LogP contribution in [-0.2, 0) is 32.2 Å². The lowest BCUT2D eigenvalue weighted by Gasteiger charge is -2.17. The molecule has 29 heavy (non-hydrogen) atoms. The van der Waals surface area contributed by atoms with Crippen molar-refractivity contribution in [2.45, 2.75) is 32.5 Å². The molecule has 0 spiro atoms. The van der Waals surface area contributed by atoms with Crippen LogP contribution in [-0.4, -0.2) is 42.4 Å². The summed E-state index contributed by atoms with van der Waals surface area (Å²) in [5, 5.41) is 2.73. The number of methoxy groups -OCH3 is 1. The second-order valence-corrected chi connectivity index (χ2v) is 6.90. The Kier molecular flexibility index (Phi) is 6.54. The molecule has 1 aromatic heterocycles. The molecule has 0 bridgehead atoms. The molecule has 1 aromatic carbocycles. The molecule has 0 radical (unpaired) electrons. The summed E-state index contributed by atoms with van der Waals surface area (Å²) in [6, 6.07) is 10.8. The van der Waals surface area contributed by atoms with E-state index in [0.717, 1.165) is 11.3 Å². The normalized spacial score (nSPS) is 17.1. The minimum absolute atomic E-state index is 0.0692. The first kappa shape index (κ1) is 20.4. The molecule has 2 heterocycles. The lowest BCUT2D eigenvalue weighted by Crippen LogP contribution is -2.37. The maximum absolute atomic E-state index is 12.4. The lowest BCUT2D eigenvalue weighted by molar-refractivity contribution is -0.158. The number of nitrogens with zero attached hydrogens (tertiary/aromatic N) is 1. The van der Waals surface area contributed by atoms with Crippen molar-refractivity contribution < 1.29 is 28.3 Å². The largest absolute Gasteiger partial charge is 0.497 e. The molecule has 8 nitrogen and oxygen atoms in total. The molecule has 1 saturated heterocycles. The molecule has 1 N–H and O–H groups in total. The second-order valence-electron chi connectivity index (χ2n) is 6.90. The first-order valence-corrected chi connectivity index (χ1v) is 9.37. The maximum Gasteiger partial charge on any atom is 0.312 e. The quantitative estimate of drug-likeness (QED) is 0.680. The average Bonchev–Trinajstić information content (AvgIpc) is 3.36. The minimum Gasteiger partial charge on any atom is -0.497 e. The Morgan fingerprint density at radius 2 is 2.03 bits per heavy atom. The van der Waals surface area contributed by atoms with Gasteiger partial charge in [-0.1, -0.05) is 12.1 Å². The first-order valence-electron chi connectivity index (χ1n) is 9.37. The maximum atomic E-state index is 12.4. The molecule has 1 aliphatic rings. The molecule has 3 rings (SSSR count). The van der Waals surface area contributed by atoms with E-state index in [1.54, 1.807) is 36.3 Å². The van der Waals surface area contributed by atoms with Crippen molar-refractivity contribution in [2.75, 3.05) is 13.7 Å². The van der Waals surface area contributed by atoms with Crippen molar-refractivity contribution in [1.29, 1.82) is 0 Å². The highest BCUT2D eigenvalue weighted by Gasteiger charge is 2.36. The average molecular weight is 400 g/mol. The molecule has 1 aliphatic heterocycles. The Morgan fingerprint density at radius 3 is 2.69 bits per heavy atom. The number of likely N-dealkylation sites (tertiary alicyclic amines) is 1. The number of amides is 2. The van der Waals surface area contributed by atoms with Crippen molar-refractivity contribution in [2.24, 2.45) is 5.92 Å². The van der Waals surface area contributed by atoms with Crippen LogP contribution in [0.4, 0.5) is 0 Å². The zero-order valence-corrected chi connectivity index (χ0v) is 16.4. The van der Waals surface area contributed by atoms with E-state index in [0.29, 0.717) is 18.8 Å². The van der Waals surface area contributed by atoms with Gasteiger partial charge in [0.05, 0.1) is 25.8 Å². The van der Waals surface area contributed by atoms with Gasteiger partial charge >= 0.3 is 5.97 Å². The van der Waals surface area contributed by atoms with E-state index in [1.807, 2.05) is 12.1 Å². The number of esters is 1. The van der Waals surface area contributed by atoms with Crippen LogP contribution in [0.1, 0.15) is 24.7 Å². The summed E-state index contributed by atoms with van der Waals surface area (Å²) < 4.78 is 15.6. The van der Waals surface area contributed by atoms with Crippen molar-refractivity contribution in [3.63, 3.8) is 0 Å². The molecule has 8 heteroatoms. The molecular formula is C21H24N2O6. The molecular weight excluding hydrogens is 376 g/mol. The van der Waals surface area contributed by atoms with Gasteiger partial charge in [0.25, 0.3) is 5.91 Å². The van der Waals surface area contributed by atoms with Crippen LogP contribution in [0.2, 0.25) is 0 Å². The van der Waals surface area contributed by atoms with Crippen LogP contribution in [0.5, 0.6) is 5.75 Å². The molecule has 2 aromatic rings. The highest BCUT2D eigenvalue weighted by molar-refractivity contribution is 5.88. The molecule has 0 saturated carbocycles. The molecule has 1 fully saturated rings. The Labute approximate surface area is 168 Å². The second kappa shape index (κ2) is 9.27. The number of carbonyl (C=O) groups is 3. The lowest BCUT2D eigenvalue weighted by atomic mass is 10.1. The van der Waals surface area contributed by atoms with Crippen LogP contribution < -0.4 is 10.1 Å². The van der Waals surface area contributed by atoms with Crippen molar-refractivity contribution in [3.05, 3.63) is 54.0 Å². The number of carbonyl (C=O) groups excluding carboxylic acids is 3. The summed E-state index contributed by atoms with van der Waals surface area (Å²) in [5.74, 6) is -0.291. The van der Waals surface area contributed by atoms with Crippen LogP contribution in [0.25, 0.3) is 0 Å². The third kappa shape index (κ3) is 5.37. The van der Waals surface area contributed by atoms with Crippen LogP contribution in [0, 0.1) is 5.92 Å². The topological polar surface area (TPSA) is 98.1 Å². The van der Waals surface area contributed by atoms with Gasteiger partial charge < -0.3 is 24.1 Å². The van der Waals surface area contributed by atoms with Gasteiger partial charge in [0, 0.05) is 19.5 Å². The van der Waals surface area contributed by atoms with E-state index < -0.39 is 23.9 Å². The number of rotatable bonds is 8. The number of hydrogen-bond acceptors (Lipinski definition) is 6. The Balaban J connectivity index is 1.45. The van der Waals surface area contributed by atoms with E-state index in [1.165, 1.54) is 13.2 Å². The predicted molar refractivity (Wildman–Crippen MR) is 103 cm³/mol. The van der Waals surface area contributed by atoms with Gasteiger partial charge in [-0.2, -0.15) is 0 Å². The fourth-order valence-corrected chi connectivity index (χ4v) is 3.07. The highest BCUT2D eigenvalue weighted by atomic mass is 16.5. The number of nitrogens with one attached hydrogen (secondary N) is 1. The van der Waals surface area contributed by atoms with Crippen LogP contribution >= 0.6 is 0 Å². The van der Waals surface area contributed by atoms with E-state index in [-0.39, 0.29) is 18.9 Å². The Hall–Kier alpha value is -3.29. The summed E-state index contributed by atoms with van der Waals surface area (Å²) in [4.78, 5) is 38.3. The third-order valence-electron chi connectivity index (χ3n) is 4.76. The minimum atomic E-state index is -0.949. The van der Waals surface area contributed by atoms with Crippen molar-refractivity contribution in [3.8, 4) is 5.75 Å². The van der Waals surface area contributed by atoms with Gasteiger partial charge in [-0.3, -0.25) is 14.4 Å². The Morgan fingerprint density at radius 1 is 1.28 bits per heavy atom. The summed E-state index contributed by atoms with van der Waals surface area (Å²) in [6.07, 6.45) is 0.656. The van der Waals surface area contributed by atoms with Crippen LogP contribution in [0.15, 0.2) is 47.1 Å². The SMILES string of the molecule is COc1ccc(CNC(=O)[C@@H](C)OC(=O)[C@@H]2CC(=O)N(Cc3ccco3)C2)cc1. The number of hydrogen-bond donors (Lipinski definition) is 1. The van der Waals surface area contributed by atoms with Crippen molar-refractivity contribution in [1.82, 2.24) is 10.2 Å². The van der Waals surface area contributed by atoms with Crippen LogP contribution in [0.3, 0.4) is 0 Å². The zero-order valence-electron chi connectivity index (χ0n) is 16.4. The van der Waals surface area contributed by atoms with Gasteiger partial charge in [-0.15, -0.1) is 0 Å². The fourth-order valence-electron chi connectivity index (χ4n) is 3.07. The van der Waals surface area contributed by atoms with Gasteiger partial charge in [0.2, 0.25) is 5.91 Å². The van der Waals surface area contributed by atoms with E-state index in [2.05, 4.69) is 5.32 Å². The summed E-state index contributed by atoms with van der Waals surface area (Å²) >= 11 is 0. The predicted octanol–water partition coefficient (Wildman–Crippen LogP) is 1.88. The summed E-state index contributed by atoms with van der Waals surface area (Å²) in [5.41, 5.74) is 0.896. The molecule has 2 amide bonds. The fraction of sp³-hybridized carbons (Fsp3) is 0.381. The smallest absolute Gasteiger partial charge is 0.312 e. The number of ether oxygens (including phenoxy) is 2. The summed E-state index contributed by atoms with van der Waals surface area (Å²) in [6.45, 7) is 2.38. The highest BCUT2D eigenvalue weighted by Crippen LogP contribution is 2.22. The molecule has 154 valence electrons. The first-order chi connectivity index (χ1) is 14.0.